The molecular weight excluding hydrogens is 416 g/mol. The smallest absolute Gasteiger partial charge is 0.309 e. The number of anilines is 1. The molecule has 0 aliphatic carbocycles. The van der Waals surface area contributed by atoms with Gasteiger partial charge in [0.15, 0.2) is 12.4 Å². The highest BCUT2D eigenvalue weighted by atomic mass is 32.1. The Morgan fingerprint density at radius 2 is 1.87 bits per heavy atom. The molecule has 1 aromatic heterocycles. The average Bonchev–Trinajstić information content (AvgIpc) is 3.19. The number of esters is 1. The van der Waals surface area contributed by atoms with Crippen LogP contribution < -0.4 is 10.1 Å². The summed E-state index contributed by atoms with van der Waals surface area (Å²) in [6.07, 6.45) is 0.000398. The minimum Gasteiger partial charge on any atom is -0.493 e. The fourth-order valence-electron chi connectivity index (χ4n) is 2.71. The van der Waals surface area contributed by atoms with Crippen molar-refractivity contribution in [3.8, 4) is 17.0 Å². The van der Waals surface area contributed by atoms with Crippen molar-refractivity contribution in [3.63, 3.8) is 0 Å². The van der Waals surface area contributed by atoms with Gasteiger partial charge in [-0.05, 0) is 50.2 Å². The summed E-state index contributed by atoms with van der Waals surface area (Å²) in [6.45, 7) is 3.14. The summed E-state index contributed by atoms with van der Waals surface area (Å²) in [5, 5.41) is 5.63. The van der Waals surface area contributed by atoms with Crippen molar-refractivity contribution in [1.29, 1.82) is 0 Å². The summed E-state index contributed by atoms with van der Waals surface area (Å²) in [4.78, 5) is 39.6. The monoisotopic (exact) mass is 438 g/mol. The lowest BCUT2D eigenvalue weighted by Gasteiger charge is -2.09. The molecule has 0 spiro atoms. The molecule has 8 heteroatoms. The highest BCUT2D eigenvalue weighted by Crippen LogP contribution is 2.24. The zero-order valence-corrected chi connectivity index (χ0v) is 18.0. The number of nitrogens with one attached hydrogen (secondary N) is 1. The van der Waals surface area contributed by atoms with E-state index >= 15 is 0 Å². The maximum Gasteiger partial charge on any atom is 0.309 e. The quantitative estimate of drug-likeness (QED) is 0.396. The molecule has 1 amide bonds. The molecule has 1 heterocycles. The Balaban J connectivity index is 1.40. The van der Waals surface area contributed by atoms with Crippen LogP contribution in [0, 0.1) is 6.92 Å². The van der Waals surface area contributed by atoms with Gasteiger partial charge in [0.2, 0.25) is 0 Å². The second-order valence-electron chi connectivity index (χ2n) is 6.72. The molecule has 0 bridgehead atoms. The molecule has 0 saturated carbocycles. The number of carbonyl (C=O) groups is 3. The first-order valence-electron chi connectivity index (χ1n) is 9.62. The summed E-state index contributed by atoms with van der Waals surface area (Å²) >= 11 is 1.56. The van der Waals surface area contributed by atoms with E-state index in [9.17, 15) is 14.4 Å². The topological polar surface area (TPSA) is 94.6 Å². The van der Waals surface area contributed by atoms with E-state index in [0.717, 1.165) is 16.3 Å². The van der Waals surface area contributed by atoms with E-state index in [1.807, 2.05) is 30.5 Å². The van der Waals surface area contributed by atoms with Crippen molar-refractivity contribution in [2.75, 3.05) is 18.5 Å². The molecular formula is C23H22N2O5S. The van der Waals surface area contributed by atoms with Crippen molar-refractivity contribution < 1.29 is 23.9 Å². The Morgan fingerprint density at radius 3 is 2.55 bits per heavy atom. The highest BCUT2D eigenvalue weighted by molar-refractivity contribution is 7.09. The second-order valence-corrected chi connectivity index (χ2v) is 7.78. The number of hydrogen-bond donors (Lipinski definition) is 1. The lowest BCUT2D eigenvalue weighted by molar-refractivity contribution is -0.147. The van der Waals surface area contributed by atoms with Crippen LogP contribution in [0.5, 0.6) is 5.75 Å². The van der Waals surface area contributed by atoms with Gasteiger partial charge in [0.05, 0.1) is 23.7 Å². The molecule has 0 saturated heterocycles. The van der Waals surface area contributed by atoms with Crippen molar-refractivity contribution in [2.45, 2.75) is 20.3 Å². The van der Waals surface area contributed by atoms with Gasteiger partial charge < -0.3 is 14.8 Å². The lowest BCUT2D eigenvalue weighted by Crippen LogP contribution is -2.21. The van der Waals surface area contributed by atoms with E-state index in [-0.39, 0.29) is 25.4 Å². The maximum absolute atomic E-state index is 12.1. The summed E-state index contributed by atoms with van der Waals surface area (Å²) in [6, 6.07) is 14.0. The Morgan fingerprint density at radius 1 is 1.10 bits per heavy atom. The number of Topliss-reactive ketones (excluding diaryl/α,β-unsaturated/α-hetero) is 1. The molecule has 160 valence electrons. The van der Waals surface area contributed by atoms with Crippen molar-refractivity contribution in [1.82, 2.24) is 4.98 Å². The number of ether oxygens (including phenoxy) is 2. The third-order valence-electron chi connectivity index (χ3n) is 4.26. The Labute approximate surface area is 184 Å². The zero-order chi connectivity index (χ0) is 22.2. The first-order chi connectivity index (χ1) is 14.9. The van der Waals surface area contributed by atoms with Crippen LogP contribution in [0.4, 0.5) is 5.69 Å². The predicted octanol–water partition coefficient (Wildman–Crippen LogP) is 4.27. The van der Waals surface area contributed by atoms with E-state index in [1.165, 1.54) is 6.92 Å². The first kappa shape index (κ1) is 22.2. The number of thiazole rings is 1. The van der Waals surface area contributed by atoms with Crippen LogP contribution in [0.15, 0.2) is 53.9 Å². The number of ketones is 1. The van der Waals surface area contributed by atoms with Crippen LogP contribution in [-0.4, -0.2) is 35.9 Å². The summed E-state index contributed by atoms with van der Waals surface area (Å²) in [7, 11) is 0. The number of aromatic nitrogens is 1. The Hall–Kier alpha value is -3.52. The SMILES string of the molecule is CC(=O)c1ccc(OCCC(=O)OCC(=O)Nc2cccc(-c3csc(C)n3)c2)cc1. The van der Waals surface area contributed by atoms with Gasteiger partial charge in [0.1, 0.15) is 5.75 Å². The number of amides is 1. The molecule has 0 atom stereocenters. The van der Waals surface area contributed by atoms with Gasteiger partial charge in [-0.15, -0.1) is 11.3 Å². The minimum atomic E-state index is -0.540. The molecule has 3 aromatic rings. The van der Waals surface area contributed by atoms with Gasteiger partial charge in [-0.25, -0.2) is 4.98 Å². The van der Waals surface area contributed by atoms with Gasteiger partial charge in [-0.3, -0.25) is 14.4 Å². The third kappa shape index (κ3) is 6.75. The molecule has 0 unspecified atom stereocenters. The molecule has 0 aliphatic heterocycles. The first-order valence-corrected chi connectivity index (χ1v) is 10.5. The van der Waals surface area contributed by atoms with Gasteiger partial charge in [-0.2, -0.15) is 0 Å². The molecule has 0 radical (unpaired) electrons. The van der Waals surface area contributed by atoms with Crippen LogP contribution >= 0.6 is 11.3 Å². The average molecular weight is 439 g/mol. The molecule has 3 rings (SSSR count). The molecule has 0 fully saturated rings. The number of nitrogens with zero attached hydrogens (tertiary/aromatic N) is 1. The maximum atomic E-state index is 12.1. The highest BCUT2D eigenvalue weighted by Gasteiger charge is 2.10. The van der Waals surface area contributed by atoms with E-state index in [2.05, 4.69) is 10.3 Å². The number of benzene rings is 2. The van der Waals surface area contributed by atoms with Crippen LogP contribution in [-0.2, 0) is 14.3 Å². The predicted molar refractivity (Wildman–Crippen MR) is 118 cm³/mol. The van der Waals surface area contributed by atoms with E-state index in [0.29, 0.717) is 17.0 Å². The summed E-state index contributed by atoms with van der Waals surface area (Å²) < 4.78 is 10.4. The molecule has 7 nitrogen and oxygen atoms in total. The van der Waals surface area contributed by atoms with E-state index in [1.54, 1.807) is 41.7 Å². The molecule has 2 aromatic carbocycles. The second kappa shape index (κ2) is 10.5. The standard InChI is InChI=1S/C23H22N2O5S/c1-15(26)17-6-8-20(9-7-17)29-11-10-23(28)30-13-22(27)25-19-5-3-4-18(12-19)21-14-31-16(2)24-21/h3-9,12,14H,10-11,13H2,1-2H3,(H,25,27). The third-order valence-corrected chi connectivity index (χ3v) is 5.03. The normalized spacial score (nSPS) is 10.4. The summed E-state index contributed by atoms with van der Waals surface area (Å²) in [5.74, 6) is -0.452. The summed E-state index contributed by atoms with van der Waals surface area (Å²) in [5.41, 5.74) is 2.93. The van der Waals surface area contributed by atoms with Gasteiger partial charge in [0, 0.05) is 22.2 Å². The minimum absolute atomic E-state index is 0.000398. The van der Waals surface area contributed by atoms with Crippen molar-refractivity contribution in [3.05, 3.63) is 64.5 Å². The number of rotatable bonds is 9. The fraction of sp³-hybridized carbons (Fsp3) is 0.217. The van der Waals surface area contributed by atoms with Crippen LogP contribution in [0.2, 0.25) is 0 Å². The molecule has 31 heavy (non-hydrogen) atoms. The largest absolute Gasteiger partial charge is 0.493 e. The number of aryl methyl sites for hydroxylation is 1. The van der Waals surface area contributed by atoms with Crippen molar-refractivity contribution in [2.24, 2.45) is 0 Å². The number of carbonyl (C=O) groups excluding carboxylic acids is 3. The van der Waals surface area contributed by atoms with Crippen LogP contribution in [0.25, 0.3) is 11.3 Å². The zero-order valence-electron chi connectivity index (χ0n) is 17.2. The fourth-order valence-corrected chi connectivity index (χ4v) is 3.33. The Bertz CT molecular complexity index is 1080. The van der Waals surface area contributed by atoms with E-state index in [4.69, 9.17) is 9.47 Å². The Kier molecular flexibility index (Phi) is 7.50. The van der Waals surface area contributed by atoms with Crippen molar-refractivity contribution >= 4 is 34.7 Å². The van der Waals surface area contributed by atoms with Gasteiger partial charge in [0.25, 0.3) is 5.91 Å². The molecule has 1 N–H and O–H groups in total. The van der Waals surface area contributed by atoms with Crippen LogP contribution in [0.1, 0.15) is 28.7 Å². The lowest BCUT2D eigenvalue weighted by atomic mass is 10.1. The van der Waals surface area contributed by atoms with Crippen LogP contribution in [0.3, 0.4) is 0 Å². The van der Waals surface area contributed by atoms with Gasteiger partial charge >= 0.3 is 5.97 Å². The van der Waals surface area contributed by atoms with Gasteiger partial charge in [-0.1, -0.05) is 12.1 Å². The number of hydrogen-bond acceptors (Lipinski definition) is 7. The molecule has 0 aliphatic rings. The van der Waals surface area contributed by atoms with E-state index < -0.39 is 11.9 Å².